The molecular weight excluding hydrogens is 374 g/mol. The number of sulfone groups is 1. The molecule has 0 aliphatic carbocycles. The molecule has 0 radical (unpaired) electrons. The van der Waals surface area contributed by atoms with E-state index in [1.807, 2.05) is 30.3 Å². The molecule has 23 heavy (non-hydrogen) atoms. The molecule has 0 amide bonds. The Morgan fingerprint density at radius 1 is 1.09 bits per heavy atom. The zero-order valence-electron chi connectivity index (χ0n) is 12.7. The highest BCUT2D eigenvalue weighted by Crippen LogP contribution is 2.48. The zero-order valence-corrected chi connectivity index (χ0v) is 15.1. The van der Waals surface area contributed by atoms with Crippen molar-refractivity contribution in [3.8, 4) is 0 Å². The summed E-state index contributed by atoms with van der Waals surface area (Å²) < 4.78 is 25.6. The van der Waals surface area contributed by atoms with Crippen LogP contribution in [0.1, 0.15) is 11.1 Å². The van der Waals surface area contributed by atoms with Crippen LogP contribution in [0.4, 0.5) is 0 Å². The molecule has 0 N–H and O–H groups in total. The second kappa shape index (κ2) is 5.43. The Labute approximate surface area is 145 Å². The van der Waals surface area contributed by atoms with Crippen LogP contribution in [-0.4, -0.2) is 37.4 Å². The van der Waals surface area contributed by atoms with Gasteiger partial charge in [0.05, 0.1) is 11.0 Å². The average molecular weight is 392 g/mol. The van der Waals surface area contributed by atoms with E-state index in [4.69, 9.17) is 0 Å². The minimum Gasteiger partial charge on any atom is -0.297 e. The van der Waals surface area contributed by atoms with Crippen LogP contribution in [0.15, 0.2) is 59.1 Å². The molecule has 5 heteroatoms. The average Bonchev–Trinajstić information content (AvgIpc) is 2.84. The fraction of sp³-hybridized carbons (Fsp3) is 0.333. The van der Waals surface area contributed by atoms with Gasteiger partial charge in [0.2, 0.25) is 0 Å². The summed E-state index contributed by atoms with van der Waals surface area (Å²) in [5.41, 5.74) is 2.15. The van der Waals surface area contributed by atoms with Gasteiger partial charge >= 0.3 is 0 Å². The Balaban J connectivity index is 1.63. The van der Waals surface area contributed by atoms with Gasteiger partial charge in [-0.2, -0.15) is 0 Å². The first kappa shape index (κ1) is 15.4. The normalized spacial score (nSPS) is 29.0. The molecule has 2 atom stereocenters. The van der Waals surface area contributed by atoms with Crippen LogP contribution in [0.25, 0.3) is 0 Å². The van der Waals surface area contributed by atoms with Crippen molar-refractivity contribution in [3.05, 3.63) is 70.2 Å². The summed E-state index contributed by atoms with van der Waals surface area (Å²) in [5, 5.41) is -0.264. The molecule has 120 valence electrons. The topological polar surface area (TPSA) is 37.4 Å². The highest BCUT2D eigenvalue weighted by Gasteiger charge is 2.63. The van der Waals surface area contributed by atoms with Crippen molar-refractivity contribution in [1.82, 2.24) is 4.90 Å². The van der Waals surface area contributed by atoms with Gasteiger partial charge in [-0.15, -0.1) is 0 Å². The van der Waals surface area contributed by atoms with Crippen LogP contribution in [0, 0.1) is 0 Å². The van der Waals surface area contributed by atoms with Crippen LogP contribution in [-0.2, 0) is 21.8 Å². The van der Waals surface area contributed by atoms with Crippen molar-refractivity contribution in [3.63, 3.8) is 0 Å². The summed E-state index contributed by atoms with van der Waals surface area (Å²) in [6.45, 7) is 2.26. The Kier molecular flexibility index (Phi) is 3.63. The summed E-state index contributed by atoms with van der Waals surface area (Å²) >= 11 is 3.45. The SMILES string of the molecule is O=S1(=O)C[C@]2(c3ccc(Br)cc3)CN(Cc3ccccc3)C[C@@H]21. The second-order valence-corrected chi connectivity index (χ2v) is 9.71. The van der Waals surface area contributed by atoms with Gasteiger partial charge in [0, 0.05) is 29.5 Å². The van der Waals surface area contributed by atoms with Crippen molar-refractivity contribution < 1.29 is 8.42 Å². The third-order valence-corrected chi connectivity index (χ3v) is 8.02. The Hall–Kier alpha value is -1.17. The molecule has 0 bridgehead atoms. The smallest absolute Gasteiger partial charge is 0.156 e. The summed E-state index contributed by atoms with van der Waals surface area (Å²) in [7, 11) is -2.95. The van der Waals surface area contributed by atoms with E-state index in [0.29, 0.717) is 6.54 Å². The van der Waals surface area contributed by atoms with Gasteiger partial charge in [0.25, 0.3) is 0 Å². The van der Waals surface area contributed by atoms with Crippen LogP contribution < -0.4 is 0 Å². The third kappa shape index (κ3) is 2.55. The Bertz CT molecular complexity index is 820. The molecule has 2 heterocycles. The van der Waals surface area contributed by atoms with Crippen molar-refractivity contribution >= 4 is 25.8 Å². The first-order valence-electron chi connectivity index (χ1n) is 7.74. The Morgan fingerprint density at radius 2 is 1.78 bits per heavy atom. The molecule has 0 unspecified atom stereocenters. The van der Waals surface area contributed by atoms with Crippen molar-refractivity contribution in [2.75, 3.05) is 18.8 Å². The number of halogens is 1. The van der Waals surface area contributed by atoms with Crippen molar-refractivity contribution in [1.29, 1.82) is 0 Å². The largest absolute Gasteiger partial charge is 0.297 e. The predicted octanol–water partition coefficient (Wildman–Crippen LogP) is 3.00. The maximum Gasteiger partial charge on any atom is 0.156 e. The third-order valence-electron chi connectivity index (χ3n) is 5.11. The molecule has 0 aromatic heterocycles. The first-order chi connectivity index (χ1) is 11.0. The molecule has 2 aromatic rings. The Morgan fingerprint density at radius 3 is 2.43 bits per heavy atom. The highest BCUT2D eigenvalue weighted by atomic mass is 79.9. The van der Waals surface area contributed by atoms with E-state index in [0.717, 1.165) is 23.1 Å². The van der Waals surface area contributed by atoms with E-state index in [-0.39, 0.29) is 16.4 Å². The second-order valence-electron chi connectivity index (χ2n) is 6.61. The maximum atomic E-state index is 12.3. The van der Waals surface area contributed by atoms with Crippen LogP contribution in [0.5, 0.6) is 0 Å². The van der Waals surface area contributed by atoms with Crippen LogP contribution in [0.2, 0.25) is 0 Å². The van der Waals surface area contributed by atoms with Gasteiger partial charge in [-0.25, -0.2) is 8.42 Å². The molecule has 2 aromatic carbocycles. The van der Waals surface area contributed by atoms with Gasteiger partial charge in [-0.1, -0.05) is 58.4 Å². The lowest BCUT2D eigenvalue weighted by Crippen LogP contribution is -2.59. The predicted molar refractivity (Wildman–Crippen MR) is 95.1 cm³/mol. The molecular formula is C18H18BrNO2S. The number of hydrogen-bond donors (Lipinski definition) is 0. The standard InChI is InChI=1S/C18H18BrNO2S/c19-16-8-6-15(7-9-16)18-12-20(10-14-4-2-1-3-5-14)11-17(18)23(21,22)13-18/h1-9,17H,10-13H2/t17-,18-/m0/s1. The molecule has 0 spiro atoms. The lowest BCUT2D eigenvalue weighted by Gasteiger charge is -2.43. The number of nitrogens with zero attached hydrogens (tertiary/aromatic N) is 1. The summed E-state index contributed by atoms with van der Waals surface area (Å²) in [4.78, 5) is 2.28. The number of likely N-dealkylation sites (tertiary alicyclic amines) is 1. The van der Waals surface area contributed by atoms with E-state index in [2.05, 4.69) is 45.1 Å². The maximum absolute atomic E-state index is 12.3. The van der Waals surface area contributed by atoms with Crippen LogP contribution >= 0.6 is 15.9 Å². The summed E-state index contributed by atoms with van der Waals surface area (Å²) in [6, 6.07) is 18.4. The van der Waals surface area contributed by atoms with E-state index in [9.17, 15) is 8.42 Å². The number of benzene rings is 2. The van der Waals surface area contributed by atoms with E-state index >= 15 is 0 Å². The van der Waals surface area contributed by atoms with Gasteiger partial charge in [-0.3, -0.25) is 4.90 Å². The van der Waals surface area contributed by atoms with E-state index in [1.165, 1.54) is 5.56 Å². The van der Waals surface area contributed by atoms with Crippen molar-refractivity contribution in [2.24, 2.45) is 0 Å². The number of rotatable bonds is 3. The number of fused-ring (bicyclic) bond motifs is 1. The van der Waals surface area contributed by atoms with E-state index < -0.39 is 9.84 Å². The lowest BCUT2D eigenvalue weighted by molar-refractivity contribution is 0.309. The molecule has 2 aliphatic heterocycles. The monoisotopic (exact) mass is 391 g/mol. The molecule has 2 aliphatic rings. The van der Waals surface area contributed by atoms with Crippen LogP contribution in [0.3, 0.4) is 0 Å². The summed E-state index contributed by atoms with van der Waals surface area (Å²) in [5.74, 6) is 0.275. The van der Waals surface area contributed by atoms with Gasteiger partial charge in [0.15, 0.2) is 9.84 Å². The fourth-order valence-electron chi connectivity index (χ4n) is 4.04. The lowest BCUT2D eigenvalue weighted by atomic mass is 9.80. The first-order valence-corrected chi connectivity index (χ1v) is 10.2. The molecule has 3 nitrogen and oxygen atoms in total. The quantitative estimate of drug-likeness (QED) is 0.806. The number of hydrogen-bond acceptors (Lipinski definition) is 3. The molecule has 0 saturated carbocycles. The van der Waals surface area contributed by atoms with Crippen molar-refractivity contribution in [2.45, 2.75) is 17.2 Å². The minimum absolute atomic E-state index is 0.228. The highest BCUT2D eigenvalue weighted by molar-refractivity contribution is 9.10. The zero-order chi connectivity index (χ0) is 16.1. The molecule has 2 saturated heterocycles. The van der Waals surface area contributed by atoms with Gasteiger partial charge in [0.1, 0.15) is 0 Å². The fourth-order valence-corrected chi connectivity index (χ4v) is 6.80. The minimum atomic E-state index is -2.95. The van der Waals surface area contributed by atoms with E-state index in [1.54, 1.807) is 0 Å². The van der Waals surface area contributed by atoms with Gasteiger partial charge < -0.3 is 0 Å². The molecule has 2 fully saturated rings. The summed E-state index contributed by atoms with van der Waals surface area (Å²) in [6.07, 6.45) is 0. The van der Waals surface area contributed by atoms with Gasteiger partial charge in [-0.05, 0) is 23.3 Å². The molecule has 4 rings (SSSR count).